The first-order valence-corrected chi connectivity index (χ1v) is 6.70. The minimum atomic E-state index is 0.570. The number of aryl methyl sites for hydroxylation is 2. The largest absolute Gasteiger partial charge is 0.490 e. The summed E-state index contributed by atoms with van der Waals surface area (Å²) in [5, 5.41) is 0. The molecule has 104 valence electrons. The molecule has 2 nitrogen and oxygen atoms in total. The first kappa shape index (κ1) is 15.4. The van der Waals surface area contributed by atoms with Crippen molar-refractivity contribution in [2.45, 2.75) is 41.0 Å². The van der Waals surface area contributed by atoms with Gasteiger partial charge in [0.1, 0.15) is 5.75 Å². The average molecular weight is 260 g/mol. The maximum Gasteiger partial charge on any atom is 0.162 e. The molecule has 0 saturated heterocycles. The Morgan fingerprint density at radius 1 is 1.21 bits per heavy atom. The predicted octanol–water partition coefficient (Wildman–Crippen LogP) is 4.92. The molecule has 0 unspecified atom stereocenters. The molecular weight excluding hydrogens is 236 g/mol. The Kier molecular flexibility index (Phi) is 5.68. The lowest BCUT2D eigenvalue weighted by molar-refractivity contribution is 0.195. The number of hydrogen-bond donors (Lipinski definition) is 0. The predicted molar refractivity (Wildman–Crippen MR) is 80.3 cm³/mol. The third kappa shape index (κ3) is 4.47. The zero-order chi connectivity index (χ0) is 14.4. The zero-order valence-corrected chi connectivity index (χ0v) is 12.7. The van der Waals surface area contributed by atoms with Gasteiger partial charge in [-0.25, -0.2) is 0 Å². The van der Waals surface area contributed by atoms with Crippen molar-refractivity contribution in [3.8, 4) is 5.75 Å². The average Bonchev–Trinajstić information content (AvgIpc) is 2.33. The van der Waals surface area contributed by atoms with Gasteiger partial charge in [-0.1, -0.05) is 31.2 Å². The second-order valence-electron chi connectivity index (χ2n) is 4.97. The number of ether oxygens (including phenoxy) is 2. The maximum absolute atomic E-state index is 5.84. The molecule has 1 aromatic carbocycles. The molecule has 1 aromatic rings. The highest BCUT2D eigenvalue weighted by molar-refractivity contribution is 5.38. The van der Waals surface area contributed by atoms with Crippen molar-refractivity contribution < 1.29 is 9.47 Å². The van der Waals surface area contributed by atoms with E-state index in [4.69, 9.17) is 9.47 Å². The molecule has 0 amide bonds. The van der Waals surface area contributed by atoms with Crippen molar-refractivity contribution in [2.75, 3.05) is 6.61 Å². The van der Waals surface area contributed by atoms with Crippen LogP contribution in [0.25, 0.3) is 0 Å². The summed E-state index contributed by atoms with van der Waals surface area (Å²) in [6.45, 7) is 14.8. The van der Waals surface area contributed by atoms with Gasteiger partial charge in [-0.05, 0) is 51.3 Å². The highest BCUT2D eigenvalue weighted by Crippen LogP contribution is 2.24. The summed E-state index contributed by atoms with van der Waals surface area (Å²) >= 11 is 0. The standard InChI is InChI=1S/C17H24O2/c1-7-10-18-17(12(2)3)15(6)19-16-9-8-13(4)11-14(16)5/h8-9,11H,6-7,10H2,1-5H3. The van der Waals surface area contributed by atoms with Crippen LogP contribution in [0.1, 0.15) is 38.3 Å². The third-order valence-electron chi connectivity index (χ3n) is 2.72. The number of benzene rings is 1. The molecule has 0 saturated carbocycles. The van der Waals surface area contributed by atoms with Crippen molar-refractivity contribution in [1.29, 1.82) is 0 Å². The van der Waals surface area contributed by atoms with Crippen LogP contribution in [0.4, 0.5) is 0 Å². The summed E-state index contributed by atoms with van der Waals surface area (Å²) in [7, 11) is 0. The van der Waals surface area contributed by atoms with E-state index < -0.39 is 0 Å². The molecule has 0 aliphatic carbocycles. The van der Waals surface area contributed by atoms with Crippen LogP contribution in [-0.2, 0) is 4.74 Å². The van der Waals surface area contributed by atoms with E-state index in [1.807, 2.05) is 32.9 Å². The summed E-state index contributed by atoms with van der Waals surface area (Å²) in [6.07, 6.45) is 0.966. The van der Waals surface area contributed by atoms with E-state index in [0.717, 1.165) is 29.1 Å². The number of hydrogen-bond acceptors (Lipinski definition) is 2. The number of rotatable bonds is 6. The molecule has 0 radical (unpaired) electrons. The van der Waals surface area contributed by atoms with Crippen molar-refractivity contribution in [3.63, 3.8) is 0 Å². The van der Waals surface area contributed by atoms with Gasteiger partial charge in [-0.2, -0.15) is 0 Å². The van der Waals surface area contributed by atoms with E-state index >= 15 is 0 Å². The van der Waals surface area contributed by atoms with Gasteiger partial charge < -0.3 is 9.47 Å². The molecule has 19 heavy (non-hydrogen) atoms. The van der Waals surface area contributed by atoms with Gasteiger partial charge >= 0.3 is 0 Å². The van der Waals surface area contributed by atoms with E-state index in [1.54, 1.807) is 0 Å². The maximum atomic E-state index is 5.84. The highest BCUT2D eigenvalue weighted by atomic mass is 16.5. The Hall–Kier alpha value is -1.70. The third-order valence-corrected chi connectivity index (χ3v) is 2.72. The van der Waals surface area contributed by atoms with Crippen LogP contribution >= 0.6 is 0 Å². The summed E-state index contributed by atoms with van der Waals surface area (Å²) in [4.78, 5) is 0. The van der Waals surface area contributed by atoms with Gasteiger partial charge in [0.2, 0.25) is 0 Å². The van der Waals surface area contributed by atoms with Gasteiger partial charge in [-0.15, -0.1) is 0 Å². The fourth-order valence-electron chi connectivity index (χ4n) is 1.80. The molecule has 0 bridgehead atoms. The van der Waals surface area contributed by atoms with Crippen LogP contribution in [0.2, 0.25) is 0 Å². The highest BCUT2D eigenvalue weighted by Gasteiger charge is 2.10. The van der Waals surface area contributed by atoms with Gasteiger partial charge in [0.25, 0.3) is 0 Å². The molecule has 0 fully saturated rings. The first-order valence-electron chi connectivity index (χ1n) is 6.70. The zero-order valence-electron chi connectivity index (χ0n) is 12.7. The lowest BCUT2D eigenvalue weighted by Crippen LogP contribution is -2.05. The van der Waals surface area contributed by atoms with Crippen LogP contribution < -0.4 is 4.74 Å². The fourth-order valence-corrected chi connectivity index (χ4v) is 1.80. The van der Waals surface area contributed by atoms with Crippen molar-refractivity contribution in [3.05, 3.63) is 53.0 Å². The van der Waals surface area contributed by atoms with E-state index in [0.29, 0.717) is 12.4 Å². The first-order chi connectivity index (χ1) is 8.95. The smallest absolute Gasteiger partial charge is 0.162 e. The van der Waals surface area contributed by atoms with Gasteiger partial charge in [0.05, 0.1) is 6.61 Å². The van der Waals surface area contributed by atoms with Crippen LogP contribution in [0.5, 0.6) is 5.75 Å². The molecule has 0 aliphatic heterocycles. The van der Waals surface area contributed by atoms with Crippen LogP contribution in [0.3, 0.4) is 0 Å². The molecule has 0 heterocycles. The second-order valence-corrected chi connectivity index (χ2v) is 4.97. The van der Waals surface area contributed by atoms with E-state index in [9.17, 15) is 0 Å². The quantitative estimate of drug-likeness (QED) is 0.534. The topological polar surface area (TPSA) is 18.5 Å². The summed E-state index contributed by atoms with van der Waals surface area (Å²) in [5.74, 6) is 2.15. The normalized spacial score (nSPS) is 9.95. The minimum Gasteiger partial charge on any atom is -0.490 e. The van der Waals surface area contributed by atoms with Gasteiger partial charge in [-0.3, -0.25) is 0 Å². The molecule has 0 aromatic heterocycles. The lowest BCUT2D eigenvalue weighted by Gasteiger charge is -2.16. The van der Waals surface area contributed by atoms with Crippen molar-refractivity contribution >= 4 is 0 Å². The van der Waals surface area contributed by atoms with Gasteiger partial charge in [0.15, 0.2) is 11.5 Å². The number of allylic oxidation sites excluding steroid dienone is 1. The minimum absolute atomic E-state index is 0.570. The van der Waals surface area contributed by atoms with E-state index in [2.05, 4.69) is 26.5 Å². The van der Waals surface area contributed by atoms with E-state index in [1.165, 1.54) is 5.56 Å². The Bertz CT molecular complexity index is 480. The Balaban J connectivity index is 2.85. The van der Waals surface area contributed by atoms with Crippen molar-refractivity contribution in [2.24, 2.45) is 0 Å². The summed E-state index contributed by atoms with van der Waals surface area (Å²) in [6, 6.07) is 6.10. The molecule has 0 atom stereocenters. The van der Waals surface area contributed by atoms with Crippen LogP contribution in [0, 0.1) is 13.8 Å². The molecular formula is C17H24O2. The SMILES string of the molecule is C=C(Oc1ccc(C)cc1C)C(OCCC)=C(C)C. The molecule has 0 N–H and O–H groups in total. The Labute approximate surface area is 116 Å². The Morgan fingerprint density at radius 2 is 1.89 bits per heavy atom. The Morgan fingerprint density at radius 3 is 2.42 bits per heavy atom. The molecule has 0 aliphatic rings. The second kappa shape index (κ2) is 7.03. The van der Waals surface area contributed by atoms with Crippen LogP contribution in [-0.4, -0.2) is 6.61 Å². The van der Waals surface area contributed by atoms with Gasteiger partial charge in [0, 0.05) is 0 Å². The molecule has 0 spiro atoms. The van der Waals surface area contributed by atoms with Crippen molar-refractivity contribution in [1.82, 2.24) is 0 Å². The summed E-state index contributed by atoms with van der Waals surface area (Å²) < 4.78 is 11.5. The van der Waals surface area contributed by atoms with E-state index in [-0.39, 0.29) is 0 Å². The lowest BCUT2D eigenvalue weighted by atomic mass is 10.1. The monoisotopic (exact) mass is 260 g/mol. The summed E-state index contributed by atoms with van der Waals surface area (Å²) in [5.41, 5.74) is 3.40. The fraction of sp³-hybridized carbons (Fsp3) is 0.412. The van der Waals surface area contributed by atoms with Crippen LogP contribution in [0.15, 0.2) is 41.9 Å². The molecule has 1 rings (SSSR count). The molecule has 2 heteroatoms.